The van der Waals surface area contributed by atoms with Crippen molar-refractivity contribution in [3.05, 3.63) is 63.6 Å². The highest BCUT2D eigenvalue weighted by atomic mass is 79.9. The number of nitriles is 1. The molecule has 0 radical (unpaired) electrons. The summed E-state index contributed by atoms with van der Waals surface area (Å²) in [6.45, 7) is 2.39. The summed E-state index contributed by atoms with van der Waals surface area (Å²) in [4.78, 5) is 16.8. The Kier molecular flexibility index (Phi) is 5.49. The zero-order chi connectivity index (χ0) is 21.5. The van der Waals surface area contributed by atoms with Crippen LogP contribution in [0.3, 0.4) is 0 Å². The fraction of sp³-hybridized carbons (Fsp3) is 0.364. The number of carbonyl (C=O) groups excluding carboxylic acids is 1. The highest BCUT2D eigenvalue weighted by Crippen LogP contribution is 2.49. The number of halogens is 4. The van der Waals surface area contributed by atoms with E-state index in [4.69, 9.17) is 0 Å². The number of rotatable bonds is 3. The summed E-state index contributed by atoms with van der Waals surface area (Å²) in [5.41, 5.74) is 1.57. The molecule has 2 atom stereocenters. The van der Waals surface area contributed by atoms with Crippen molar-refractivity contribution < 1.29 is 18.0 Å². The Morgan fingerprint density at radius 3 is 2.33 bits per heavy atom. The Morgan fingerprint density at radius 1 is 1.07 bits per heavy atom. The molecule has 0 N–H and O–H groups in total. The second-order valence-corrected chi connectivity index (χ2v) is 8.57. The third kappa shape index (κ3) is 4.17. The highest BCUT2D eigenvalue weighted by Gasteiger charge is 2.46. The molecule has 4 rings (SSSR count). The van der Waals surface area contributed by atoms with Gasteiger partial charge in [0.15, 0.2) is 0 Å². The number of carbonyl (C=O) groups is 1. The lowest BCUT2D eigenvalue weighted by atomic mass is 10.1. The summed E-state index contributed by atoms with van der Waals surface area (Å²) in [6.07, 6.45) is -3.68. The molecule has 4 nitrogen and oxygen atoms in total. The molecule has 8 heteroatoms. The fourth-order valence-electron chi connectivity index (χ4n) is 4.02. The third-order valence-electron chi connectivity index (χ3n) is 5.79. The maximum atomic E-state index is 12.9. The molecule has 1 aliphatic heterocycles. The van der Waals surface area contributed by atoms with Crippen molar-refractivity contribution in [3.8, 4) is 6.07 Å². The van der Waals surface area contributed by atoms with Crippen LogP contribution in [0, 0.1) is 17.2 Å². The zero-order valence-corrected chi connectivity index (χ0v) is 17.6. The topological polar surface area (TPSA) is 47.3 Å². The van der Waals surface area contributed by atoms with Crippen molar-refractivity contribution >= 4 is 27.5 Å². The second-order valence-electron chi connectivity index (χ2n) is 7.65. The van der Waals surface area contributed by atoms with Crippen LogP contribution in [-0.4, -0.2) is 37.0 Å². The van der Waals surface area contributed by atoms with Gasteiger partial charge in [-0.25, -0.2) is 0 Å². The van der Waals surface area contributed by atoms with E-state index in [1.807, 2.05) is 17.0 Å². The number of piperazine rings is 1. The van der Waals surface area contributed by atoms with Crippen LogP contribution >= 0.6 is 15.9 Å². The van der Waals surface area contributed by atoms with E-state index in [9.17, 15) is 23.2 Å². The van der Waals surface area contributed by atoms with E-state index in [0.717, 1.165) is 27.9 Å². The molecule has 2 aliphatic rings. The third-order valence-corrected chi connectivity index (χ3v) is 6.28. The first-order chi connectivity index (χ1) is 14.3. The van der Waals surface area contributed by atoms with Crippen molar-refractivity contribution in [1.29, 1.82) is 5.26 Å². The van der Waals surface area contributed by atoms with Crippen LogP contribution in [0.15, 0.2) is 46.9 Å². The van der Waals surface area contributed by atoms with E-state index in [1.54, 1.807) is 6.07 Å². The van der Waals surface area contributed by atoms with Crippen LogP contribution in [0.5, 0.6) is 0 Å². The summed E-state index contributed by atoms with van der Waals surface area (Å²) in [7, 11) is 0. The summed E-state index contributed by atoms with van der Waals surface area (Å²) in [5, 5.41) is 9.34. The first-order valence-electron chi connectivity index (χ1n) is 9.68. The molecule has 0 spiro atoms. The number of amides is 1. The lowest BCUT2D eigenvalue weighted by molar-refractivity contribution is -0.137. The summed E-state index contributed by atoms with van der Waals surface area (Å²) in [6, 6.07) is 12.9. The molecule has 2 aromatic carbocycles. The van der Waals surface area contributed by atoms with Gasteiger partial charge in [0.1, 0.15) is 6.07 Å². The van der Waals surface area contributed by atoms with Gasteiger partial charge >= 0.3 is 6.18 Å². The summed E-state index contributed by atoms with van der Waals surface area (Å²) < 4.78 is 39.1. The van der Waals surface area contributed by atoms with Crippen LogP contribution < -0.4 is 4.90 Å². The van der Waals surface area contributed by atoms with Crippen molar-refractivity contribution in [3.63, 3.8) is 0 Å². The minimum absolute atomic E-state index is 0.00640. The molecule has 1 heterocycles. The lowest BCUT2D eigenvalue weighted by Crippen LogP contribution is -2.49. The quantitative estimate of drug-likeness (QED) is 0.638. The Bertz CT molecular complexity index is 992. The Balaban J connectivity index is 1.36. The van der Waals surface area contributed by atoms with E-state index < -0.39 is 11.7 Å². The van der Waals surface area contributed by atoms with E-state index in [-0.39, 0.29) is 17.7 Å². The maximum absolute atomic E-state index is 12.9. The SMILES string of the molecule is N#Cc1ccc(Br)cc1N1CCN(C(=O)[C@H]2C[C@H]2c2ccc(C(F)(F)F)cc2)CC1. The second kappa shape index (κ2) is 7.95. The van der Waals surface area contributed by atoms with Crippen molar-refractivity contribution in [2.24, 2.45) is 5.92 Å². The molecule has 2 aromatic rings. The molecule has 1 amide bonds. The minimum Gasteiger partial charge on any atom is -0.367 e. The highest BCUT2D eigenvalue weighted by molar-refractivity contribution is 9.10. The van der Waals surface area contributed by atoms with Gasteiger partial charge in [0.2, 0.25) is 5.91 Å². The van der Waals surface area contributed by atoms with Crippen molar-refractivity contribution in [2.75, 3.05) is 31.1 Å². The first-order valence-corrected chi connectivity index (χ1v) is 10.5. The van der Waals surface area contributed by atoms with Gasteiger partial charge in [-0.3, -0.25) is 4.79 Å². The number of nitrogens with zero attached hydrogens (tertiary/aromatic N) is 3. The largest absolute Gasteiger partial charge is 0.416 e. The molecule has 1 saturated heterocycles. The molecule has 1 aliphatic carbocycles. The van der Waals surface area contributed by atoms with E-state index in [2.05, 4.69) is 26.9 Å². The molecule has 0 unspecified atom stereocenters. The maximum Gasteiger partial charge on any atom is 0.416 e. The van der Waals surface area contributed by atoms with Gasteiger partial charge in [0.25, 0.3) is 0 Å². The van der Waals surface area contributed by atoms with Crippen LogP contribution in [0.4, 0.5) is 18.9 Å². The Hall–Kier alpha value is -2.53. The number of hydrogen-bond donors (Lipinski definition) is 0. The number of benzene rings is 2. The average molecular weight is 478 g/mol. The van der Waals surface area contributed by atoms with Crippen LogP contribution in [0.25, 0.3) is 0 Å². The molecule has 0 bridgehead atoms. The van der Waals surface area contributed by atoms with Gasteiger partial charge in [-0.2, -0.15) is 18.4 Å². The number of hydrogen-bond acceptors (Lipinski definition) is 3. The predicted octanol–water partition coefficient (Wildman–Crippen LogP) is 4.79. The first kappa shape index (κ1) is 20.7. The summed E-state index contributed by atoms with van der Waals surface area (Å²) >= 11 is 3.44. The predicted molar refractivity (Wildman–Crippen MR) is 110 cm³/mol. The van der Waals surface area contributed by atoms with E-state index in [1.165, 1.54) is 12.1 Å². The van der Waals surface area contributed by atoms with Crippen LogP contribution in [0.1, 0.15) is 29.0 Å². The molecule has 0 aromatic heterocycles. The van der Waals surface area contributed by atoms with E-state index in [0.29, 0.717) is 38.2 Å². The Labute approximate surface area is 181 Å². The molecule has 1 saturated carbocycles. The Morgan fingerprint density at radius 2 is 1.73 bits per heavy atom. The van der Waals surface area contributed by atoms with Crippen LogP contribution in [-0.2, 0) is 11.0 Å². The van der Waals surface area contributed by atoms with Crippen molar-refractivity contribution in [1.82, 2.24) is 4.90 Å². The molecular weight excluding hydrogens is 459 g/mol. The zero-order valence-electron chi connectivity index (χ0n) is 16.0. The van der Waals surface area contributed by atoms with Gasteiger partial charge in [-0.05, 0) is 48.2 Å². The van der Waals surface area contributed by atoms with Gasteiger partial charge in [-0.1, -0.05) is 28.1 Å². The summed E-state index contributed by atoms with van der Waals surface area (Å²) in [5.74, 6) is -0.101. The number of alkyl halides is 3. The molecule has 30 heavy (non-hydrogen) atoms. The monoisotopic (exact) mass is 477 g/mol. The normalized spacial score (nSPS) is 21.3. The average Bonchev–Trinajstić information content (AvgIpc) is 3.54. The standard InChI is InChI=1S/C22H19BrF3N3O/c23-17-6-3-15(13-27)20(11-17)28-7-9-29(10-8-28)21(30)19-12-18(19)14-1-4-16(5-2-14)22(24,25)26/h1-6,11,18-19H,7-10,12H2/t18-,19-/m0/s1. The van der Waals surface area contributed by atoms with Gasteiger partial charge in [0, 0.05) is 36.6 Å². The van der Waals surface area contributed by atoms with Gasteiger partial charge < -0.3 is 9.80 Å². The molecule has 156 valence electrons. The smallest absolute Gasteiger partial charge is 0.367 e. The molecule has 2 fully saturated rings. The van der Waals surface area contributed by atoms with E-state index >= 15 is 0 Å². The van der Waals surface area contributed by atoms with Gasteiger partial charge in [0.05, 0.1) is 16.8 Å². The molecular formula is C22H19BrF3N3O. The minimum atomic E-state index is -4.35. The van der Waals surface area contributed by atoms with Crippen molar-refractivity contribution in [2.45, 2.75) is 18.5 Å². The van der Waals surface area contributed by atoms with Gasteiger partial charge in [-0.15, -0.1) is 0 Å². The fourth-order valence-corrected chi connectivity index (χ4v) is 4.37. The van der Waals surface area contributed by atoms with Crippen LogP contribution in [0.2, 0.25) is 0 Å². The lowest BCUT2D eigenvalue weighted by Gasteiger charge is -2.36. The number of anilines is 1.